The van der Waals surface area contributed by atoms with Crippen LogP contribution in [0.5, 0.6) is 5.88 Å². The van der Waals surface area contributed by atoms with Gasteiger partial charge in [0.25, 0.3) is 0 Å². The van der Waals surface area contributed by atoms with Crippen molar-refractivity contribution in [3.8, 4) is 5.88 Å². The first kappa shape index (κ1) is 20.2. The monoisotopic (exact) mass is 457 g/mol. The first-order valence-corrected chi connectivity index (χ1v) is 11.2. The van der Waals surface area contributed by atoms with Crippen molar-refractivity contribution in [2.75, 3.05) is 31.1 Å². The average molecular weight is 458 g/mol. The number of aromatic nitrogens is 3. The largest absolute Gasteiger partial charge is 0.492 e. The van der Waals surface area contributed by atoms with E-state index in [-0.39, 0.29) is 17.7 Å². The number of halogens is 2. The van der Waals surface area contributed by atoms with Gasteiger partial charge in [-0.1, -0.05) is 35.1 Å². The highest BCUT2D eigenvalue weighted by Gasteiger charge is 2.31. The Morgan fingerprint density at radius 2 is 1.84 bits per heavy atom. The van der Waals surface area contributed by atoms with Crippen LogP contribution in [-0.2, 0) is 0 Å². The molecule has 0 amide bonds. The number of nitrogens with zero attached hydrogens (tertiary/aromatic N) is 5. The molecule has 1 saturated heterocycles. The number of hydrogen-bond donors (Lipinski definition) is 1. The summed E-state index contributed by atoms with van der Waals surface area (Å²) in [5, 5.41) is 15.9. The quantitative estimate of drug-likeness (QED) is 0.488. The van der Waals surface area contributed by atoms with Crippen molar-refractivity contribution >= 4 is 33.6 Å². The van der Waals surface area contributed by atoms with E-state index in [1.54, 1.807) is 0 Å². The van der Waals surface area contributed by atoms with E-state index in [0.717, 1.165) is 42.3 Å². The van der Waals surface area contributed by atoms with Gasteiger partial charge in [-0.05, 0) is 48.9 Å². The minimum Gasteiger partial charge on any atom is -0.492 e. The Hall–Kier alpha value is -2.68. The fourth-order valence-corrected chi connectivity index (χ4v) is 5.48. The third kappa shape index (κ3) is 3.86. The standard InChI is InChI=1S/C22H21ClFN5OS/c1-14-25-22-29(26-14)21(30)20(31-22)19(15-3-2-4-16(23)13-15)28-11-9-27(10-12-28)18-7-5-17(24)6-8-18/h2-8,13,19,30H,9-12H2,1H3/t19-/m0/s1. The molecule has 1 atom stereocenters. The molecule has 0 radical (unpaired) electrons. The van der Waals surface area contributed by atoms with Crippen LogP contribution in [-0.4, -0.2) is 50.8 Å². The second kappa shape index (κ2) is 8.11. The van der Waals surface area contributed by atoms with Crippen LogP contribution in [0.25, 0.3) is 4.96 Å². The molecular formula is C22H21ClFN5OS. The molecule has 31 heavy (non-hydrogen) atoms. The van der Waals surface area contributed by atoms with Crippen molar-refractivity contribution in [3.63, 3.8) is 0 Å². The Kier molecular flexibility index (Phi) is 5.29. The first-order chi connectivity index (χ1) is 15.0. The predicted molar refractivity (Wildman–Crippen MR) is 121 cm³/mol. The molecule has 1 fully saturated rings. The molecule has 5 rings (SSSR count). The molecule has 1 aliphatic rings. The summed E-state index contributed by atoms with van der Waals surface area (Å²) in [5.74, 6) is 0.511. The van der Waals surface area contributed by atoms with Crippen molar-refractivity contribution in [2.45, 2.75) is 13.0 Å². The molecule has 2 aromatic heterocycles. The lowest BCUT2D eigenvalue weighted by molar-refractivity contribution is 0.211. The molecule has 4 aromatic rings. The summed E-state index contributed by atoms with van der Waals surface area (Å²) in [4.78, 5) is 10.5. The molecule has 1 aliphatic heterocycles. The summed E-state index contributed by atoms with van der Waals surface area (Å²) in [5.41, 5.74) is 2.02. The number of rotatable bonds is 4. The van der Waals surface area contributed by atoms with E-state index in [4.69, 9.17) is 11.6 Å². The van der Waals surface area contributed by atoms with Gasteiger partial charge in [0.15, 0.2) is 0 Å². The van der Waals surface area contributed by atoms with Crippen LogP contribution in [0.15, 0.2) is 48.5 Å². The zero-order chi connectivity index (χ0) is 21.5. The van der Waals surface area contributed by atoms with Crippen molar-refractivity contribution in [1.29, 1.82) is 0 Å². The smallest absolute Gasteiger partial charge is 0.230 e. The molecule has 0 saturated carbocycles. The number of aromatic hydroxyl groups is 1. The van der Waals surface area contributed by atoms with E-state index in [0.29, 0.717) is 15.8 Å². The third-order valence-corrected chi connectivity index (χ3v) is 6.90. The topological polar surface area (TPSA) is 56.9 Å². The molecule has 0 aliphatic carbocycles. The predicted octanol–water partition coefficient (Wildman–Crippen LogP) is 4.51. The molecule has 0 unspecified atom stereocenters. The highest BCUT2D eigenvalue weighted by atomic mass is 35.5. The number of piperazine rings is 1. The lowest BCUT2D eigenvalue weighted by Crippen LogP contribution is -2.47. The zero-order valence-corrected chi connectivity index (χ0v) is 18.4. The number of thiazole rings is 1. The summed E-state index contributed by atoms with van der Waals surface area (Å²) in [7, 11) is 0. The molecule has 0 bridgehead atoms. The van der Waals surface area contributed by atoms with Crippen LogP contribution in [0, 0.1) is 12.7 Å². The van der Waals surface area contributed by atoms with Crippen LogP contribution >= 0.6 is 22.9 Å². The van der Waals surface area contributed by atoms with Gasteiger partial charge in [0.2, 0.25) is 10.8 Å². The van der Waals surface area contributed by atoms with Crippen LogP contribution in [0.3, 0.4) is 0 Å². The molecule has 0 spiro atoms. The average Bonchev–Trinajstić information content (AvgIpc) is 3.27. The normalized spacial score (nSPS) is 16.2. The lowest BCUT2D eigenvalue weighted by Gasteiger charge is -2.40. The van der Waals surface area contributed by atoms with Gasteiger partial charge in [-0.3, -0.25) is 4.90 Å². The third-order valence-electron chi connectivity index (χ3n) is 5.59. The Morgan fingerprint density at radius 3 is 2.52 bits per heavy atom. The van der Waals surface area contributed by atoms with Gasteiger partial charge in [-0.2, -0.15) is 4.52 Å². The molecule has 9 heteroatoms. The maximum absolute atomic E-state index is 13.3. The summed E-state index contributed by atoms with van der Waals surface area (Å²) in [6.45, 7) is 4.95. The van der Waals surface area contributed by atoms with E-state index in [1.165, 1.54) is 28.0 Å². The van der Waals surface area contributed by atoms with E-state index >= 15 is 0 Å². The fourth-order valence-electron chi connectivity index (χ4n) is 4.12. The van der Waals surface area contributed by atoms with Gasteiger partial charge in [0.05, 0.1) is 10.9 Å². The molecule has 160 valence electrons. The highest BCUT2D eigenvalue weighted by Crippen LogP contribution is 2.40. The highest BCUT2D eigenvalue weighted by molar-refractivity contribution is 7.17. The lowest BCUT2D eigenvalue weighted by atomic mass is 10.0. The van der Waals surface area contributed by atoms with Crippen molar-refractivity contribution in [3.05, 3.63) is 75.6 Å². The second-order valence-corrected chi connectivity index (χ2v) is 9.05. The molecule has 6 nitrogen and oxygen atoms in total. The van der Waals surface area contributed by atoms with Crippen LogP contribution in [0.4, 0.5) is 10.1 Å². The van der Waals surface area contributed by atoms with E-state index < -0.39 is 0 Å². The summed E-state index contributed by atoms with van der Waals surface area (Å²) in [6.07, 6.45) is 0. The van der Waals surface area contributed by atoms with Gasteiger partial charge in [-0.15, -0.1) is 5.10 Å². The summed E-state index contributed by atoms with van der Waals surface area (Å²) in [6, 6.07) is 14.2. The van der Waals surface area contributed by atoms with Crippen LogP contribution in [0.1, 0.15) is 22.3 Å². The van der Waals surface area contributed by atoms with Gasteiger partial charge >= 0.3 is 0 Å². The molecule has 1 N–H and O–H groups in total. The fraction of sp³-hybridized carbons (Fsp3) is 0.273. The van der Waals surface area contributed by atoms with Crippen molar-refractivity contribution in [1.82, 2.24) is 19.5 Å². The maximum Gasteiger partial charge on any atom is 0.230 e. The number of fused-ring (bicyclic) bond motifs is 1. The number of benzene rings is 2. The summed E-state index contributed by atoms with van der Waals surface area (Å²) < 4.78 is 14.8. The van der Waals surface area contributed by atoms with E-state index in [9.17, 15) is 9.50 Å². The molecule has 3 heterocycles. The van der Waals surface area contributed by atoms with Crippen molar-refractivity contribution < 1.29 is 9.50 Å². The van der Waals surface area contributed by atoms with Crippen molar-refractivity contribution in [2.24, 2.45) is 0 Å². The van der Waals surface area contributed by atoms with Gasteiger partial charge in [0.1, 0.15) is 11.6 Å². The Bertz CT molecular complexity index is 1220. The van der Waals surface area contributed by atoms with Gasteiger partial charge in [0, 0.05) is 36.9 Å². The number of anilines is 1. The maximum atomic E-state index is 13.3. The van der Waals surface area contributed by atoms with Gasteiger partial charge < -0.3 is 10.0 Å². The first-order valence-electron chi connectivity index (χ1n) is 10.0. The molecule has 2 aromatic carbocycles. The summed E-state index contributed by atoms with van der Waals surface area (Å²) >= 11 is 7.75. The SMILES string of the molecule is Cc1nc2sc([C@H](c3cccc(Cl)c3)N3CCN(c4ccc(F)cc4)CC3)c(O)n2n1. The minimum absolute atomic E-state index is 0.117. The Morgan fingerprint density at radius 1 is 1.10 bits per heavy atom. The van der Waals surface area contributed by atoms with E-state index in [1.807, 2.05) is 43.3 Å². The van der Waals surface area contributed by atoms with Gasteiger partial charge in [-0.25, -0.2) is 9.37 Å². The minimum atomic E-state index is -0.231. The number of hydrogen-bond acceptors (Lipinski definition) is 6. The zero-order valence-electron chi connectivity index (χ0n) is 16.9. The molecular weight excluding hydrogens is 437 g/mol. The van der Waals surface area contributed by atoms with Crippen LogP contribution < -0.4 is 4.90 Å². The van der Waals surface area contributed by atoms with E-state index in [2.05, 4.69) is 19.9 Å². The number of aryl methyl sites for hydroxylation is 1. The second-order valence-electron chi connectivity index (χ2n) is 7.60. The Labute approximate surface area is 188 Å². The van der Waals surface area contributed by atoms with Crippen LogP contribution in [0.2, 0.25) is 5.02 Å². The Balaban J connectivity index is 1.47.